The molecule has 2 aliphatic heterocycles. The average molecular weight is 1030 g/mol. The van der Waals surface area contributed by atoms with Gasteiger partial charge in [-0.1, -0.05) is 117 Å². The molecule has 16 heteroatoms. The van der Waals surface area contributed by atoms with Gasteiger partial charge in [-0.25, -0.2) is 9.98 Å². The number of hydrogen-bond donors (Lipinski definition) is 2. The molecule has 68 heavy (non-hydrogen) atoms. The van der Waals surface area contributed by atoms with E-state index in [1.54, 1.807) is 48.5 Å². The number of halogens is 4. The van der Waals surface area contributed by atoms with Gasteiger partial charge in [-0.15, -0.1) is 0 Å². The lowest BCUT2D eigenvalue weighted by atomic mass is 10.0. The molecule has 6 aromatic rings. The van der Waals surface area contributed by atoms with Gasteiger partial charge in [0.1, 0.15) is 0 Å². The molecule has 2 aromatic heterocycles. The largest absolute Gasteiger partial charge is 0.494 e. The number of aromatic hydroxyl groups is 2. The van der Waals surface area contributed by atoms with Gasteiger partial charge in [-0.3, -0.25) is 9.59 Å². The Bertz CT molecular complexity index is 2660. The van der Waals surface area contributed by atoms with E-state index >= 15 is 0 Å². The first-order valence-electron chi connectivity index (χ1n) is 22.5. The van der Waals surface area contributed by atoms with Gasteiger partial charge in [0.25, 0.3) is 11.8 Å². The molecule has 0 saturated heterocycles. The molecule has 2 atom stereocenters. The molecule has 10 nitrogen and oxygen atoms in total. The highest BCUT2D eigenvalue weighted by molar-refractivity contribution is 8.76. The minimum absolute atomic E-state index is 0.0260. The molecule has 8 rings (SSSR count). The van der Waals surface area contributed by atoms with Crippen molar-refractivity contribution in [1.82, 2.24) is 18.9 Å². The second-order valence-corrected chi connectivity index (χ2v) is 21.9. The van der Waals surface area contributed by atoms with E-state index in [0.29, 0.717) is 101 Å². The molecular weight excluding hydrogens is 979 g/mol. The van der Waals surface area contributed by atoms with Crippen molar-refractivity contribution in [1.29, 1.82) is 0 Å². The third kappa shape index (κ3) is 10.8. The first-order chi connectivity index (χ1) is 32.7. The summed E-state index contributed by atoms with van der Waals surface area (Å²) in [6.07, 6.45) is 5.37. The van der Waals surface area contributed by atoms with Gasteiger partial charge in [-0.05, 0) is 126 Å². The van der Waals surface area contributed by atoms with Gasteiger partial charge in [0.05, 0.1) is 45.1 Å². The van der Waals surface area contributed by atoms with E-state index in [9.17, 15) is 19.8 Å². The zero-order valence-electron chi connectivity index (χ0n) is 38.2. The van der Waals surface area contributed by atoms with Crippen LogP contribution in [-0.4, -0.2) is 104 Å². The number of amides is 2. The van der Waals surface area contributed by atoms with Crippen molar-refractivity contribution < 1.29 is 19.8 Å². The maximum atomic E-state index is 13.5. The highest BCUT2D eigenvalue weighted by Gasteiger charge is 2.38. The molecule has 0 aliphatic carbocycles. The van der Waals surface area contributed by atoms with E-state index < -0.39 is 0 Å². The van der Waals surface area contributed by atoms with Crippen molar-refractivity contribution in [2.75, 3.05) is 39.7 Å². The molecule has 4 heterocycles. The van der Waals surface area contributed by atoms with E-state index in [1.807, 2.05) is 79.3 Å². The van der Waals surface area contributed by atoms with Crippen LogP contribution in [-0.2, 0) is 13.1 Å². The Labute approximate surface area is 425 Å². The zero-order chi connectivity index (χ0) is 48.2. The van der Waals surface area contributed by atoms with E-state index in [1.165, 1.54) is 0 Å². The molecule has 354 valence electrons. The summed E-state index contributed by atoms with van der Waals surface area (Å²) in [4.78, 5) is 40.4. The lowest BCUT2D eigenvalue weighted by Crippen LogP contribution is -2.29. The Morgan fingerprint density at radius 3 is 1.10 bits per heavy atom. The Hall–Kier alpha value is -4.50. The van der Waals surface area contributed by atoms with Gasteiger partial charge in [0, 0.05) is 67.9 Å². The fourth-order valence-electron chi connectivity index (χ4n) is 9.17. The van der Waals surface area contributed by atoms with Crippen LogP contribution in [0.2, 0.25) is 20.1 Å². The first kappa shape index (κ1) is 49.9. The van der Waals surface area contributed by atoms with Crippen molar-refractivity contribution in [2.45, 2.75) is 63.7 Å². The summed E-state index contributed by atoms with van der Waals surface area (Å²) in [5.41, 5.74) is 6.82. The standard InChI is InChI=1S/C52H52Cl4N6O4S2/c1-59(2)39(7-5-27-61-47(33-13-21-37(55)22-14-33)43-41(51(61)65)45(57-49(43)63)31-9-17-35(53)18-10-31)25-29-67-68-30-26-40(60(3)4)8-6-28-62-48(34-15-23-38(56)24-16-34)44-42(52(62)66)46(58-50(44)64)32-11-19-36(54)20-12-32/h9-24,39-40,65-66H,5-8,25-30H2,1-4H3. The van der Waals surface area contributed by atoms with Crippen LogP contribution >= 0.6 is 68.0 Å². The lowest BCUT2D eigenvalue weighted by Gasteiger charge is -2.25. The highest BCUT2D eigenvalue weighted by Crippen LogP contribution is 2.44. The van der Waals surface area contributed by atoms with E-state index in [2.05, 4.69) is 48.0 Å². The fourth-order valence-corrected chi connectivity index (χ4v) is 11.9. The quantitative estimate of drug-likeness (QED) is 0.0541. The van der Waals surface area contributed by atoms with Gasteiger partial charge < -0.3 is 29.1 Å². The smallest absolute Gasteiger partial charge is 0.280 e. The van der Waals surface area contributed by atoms with Crippen molar-refractivity contribution >= 4 is 91.2 Å². The van der Waals surface area contributed by atoms with Crippen LogP contribution < -0.4 is 0 Å². The third-order valence-electron chi connectivity index (χ3n) is 12.7. The van der Waals surface area contributed by atoms with Crippen LogP contribution in [0.15, 0.2) is 107 Å². The maximum Gasteiger partial charge on any atom is 0.280 e. The van der Waals surface area contributed by atoms with Gasteiger partial charge in [0.2, 0.25) is 11.8 Å². The van der Waals surface area contributed by atoms with Crippen molar-refractivity contribution in [2.24, 2.45) is 9.98 Å². The second kappa shape index (κ2) is 22.1. The highest BCUT2D eigenvalue weighted by atomic mass is 35.5. The van der Waals surface area contributed by atoms with Gasteiger partial charge in [-0.2, -0.15) is 0 Å². The number of nitrogens with zero attached hydrogens (tertiary/aromatic N) is 6. The molecule has 0 saturated carbocycles. The van der Waals surface area contributed by atoms with Crippen molar-refractivity contribution in [3.63, 3.8) is 0 Å². The molecule has 2 aliphatic rings. The molecule has 4 aromatic carbocycles. The Morgan fingerprint density at radius 1 is 0.485 bits per heavy atom. The third-order valence-corrected chi connectivity index (χ3v) is 16.2. The summed E-state index contributed by atoms with van der Waals surface area (Å²) in [7, 11) is 12.2. The number of fused-ring (bicyclic) bond motifs is 2. The predicted octanol–water partition coefficient (Wildman–Crippen LogP) is 12.9. The Morgan fingerprint density at radius 2 is 0.794 bits per heavy atom. The monoisotopic (exact) mass is 1030 g/mol. The molecule has 0 fully saturated rings. The van der Waals surface area contributed by atoms with Crippen LogP contribution in [0.3, 0.4) is 0 Å². The minimum Gasteiger partial charge on any atom is -0.494 e. The normalized spacial score (nSPS) is 14.2. The number of aliphatic imine (C=N–C) groups is 2. The van der Waals surface area contributed by atoms with Crippen LogP contribution in [0.4, 0.5) is 0 Å². The number of carbonyl (C=O) groups is 2. The molecule has 2 unspecified atom stereocenters. The Kier molecular flexibility index (Phi) is 16.2. The minimum atomic E-state index is -0.385. The molecule has 0 spiro atoms. The number of carbonyl (C=O) groups excluding carboxylic acids is 2. The van der Waals surface area contributed by atoms with Gasteiger partial charge >= 0.3 is 0 Å². The van der Waals surface area contributed by atoms with Gasteiger partial charge in [0.15, 0.2) is 0 Å². The first-order valence-corrected chi connectivity index (χ1v) is 26.5. The maximum absolute atomic E-state index is 13.5. The predicted molar refractivity (Wildman–Crippen MR) is 283 cm³/mol. The fraction of sp³-hybridized carbons (Fsp3) is 0.308. The van der Waals surface area contributed by atoms with Crippen molar-refractivity contribution in [3.05, 3.63) is 151 Å². The molecule has 0 bridgehead atoms. The van der Waals surface area contributed by atoms with E-state index in [4.69, 9.17) is 46.4 Å². The molecular formula is C52H52Cl4N6O4S2. The average Bonchev–Trinajstić information content (AvgIpc) is 4.02. The zero-order valence-corrected chi connectivity index (χ0v) is 42.8. The molecule has 2 amide bonds. The molecule has 2 N–H and O–H groups in total. The summed E-state index contributed by atoms with van der Waals surface area (Å²) >= 11 is 24.9. The Balaban J connectivity index is 0.860. The van der Waals surface area contributed by atoms with E-state index in [-0.39, 0.29) is 23.6 Å². The van der Waals surface area contributed by atoms with Crippen LogP contribution in [0.5, 0.6) is 11.8 Å². The number of rotatable bonds is 21. The summed E-state index contributed by atoms with van der Waals surface area (Å²) < 4.78 is 3.71. The number of benzene rings is 4. The van der Waals surface area contributed by atoms with E-state index in [0.717, 1.165) is 61.2 Å². The molecule has 0 radical (unpaired) electrons. The topological polar surface area (TPSA) is 116 Å². The lowest BCUT2D eigenvalue weighted by molar-refractivity contribution is 0.0998. The van der Waals surface area contributed by atoms with Crippen LogP contribution in [0.1, 0.15) is 81.5 Å². The van der Waals surface area contributed by atoms with Crippen molar-refractivity contribution in [3.8, 4) is 34.3 Å². The van der Waals surface area contributed by atoms with Crippen LogP contribution in [0, 0.1) is 0 Å². The number of hydrogen-bond acceptors (Lipinski definition) is 8. The van der Waals surface area contributed by atoms with Crippen LogP contribution in [0.25, 0.3) is 22.5 Å². The summed E-state index contributed by atoms with van der Waals surface area (Å²) in [6, 6.07) is 29.5. The summed E-state index contributed by atoms with van der Waals surface area (Å²) in [6.45, 7) is 1.03. The summed E-state index contributed by atoms with van der Waals surface area (Å²) in [5.74, 6) is 1.25. The summed E-state index contributed by atoms with van der Waals surface area (Å²) in [5, 5.41) is 25.9. The SMILES string of the molecule is CN(C)C(CCCn1c(O)c2c(c1-c1ccc(Cl)cc1)C(=O)N=C2c1ccc(Cl)cc1)CCSSCCC(CCCn1c(O)c2c(c1-c1ccc(Cl)cc1)C(=O)N=C2c1ccc(Cl)cc1)N(C)C. The number of aromatic nitrogens is 2. The second-order valence-electron chi connectivity index (χ2n) is 17.4.